The molecule has 2 aromatic heterocycles. The smallest absolute Gasteiger partial charge is 0.230 e. The fourth-order valence-corrected chi connectivity index (χ4v) is 3.13. The fourth-order valence-electron chi connectivity index (χ4n) is 3.13. The first-order valence-electron chi connectivity index (χ1n) is 8.48. The molecule has 1 unspecified atom stereocenters. The van der Waals surface area contributed by atoms with E-state index in [2.05, 4.69) is 25.4 Å². The predicted octanol–water partition coefficient (Wildman–Crippen LogP) is 2.58. The third kappa shape index (κ3) is 3.69. The molecule has 4 rings (SSSR count). The summed E-state index contributed by atoms with van der Waals surface area (Å²) in [7, 11) is 0. The Kier molecular flexibility index (Phi) is 3.99. The standard InChI is InChI=1S/C17H23N5O/c1-12-3-2-4-15(19-12)18-9-13-7-8-22(10-13)11-16-20-21-17(23-16)14-5-6-14/h2-4,13-14H,5-11H2,1H3,(H,18,19). The monoisotopic (exact) mass is 313 g/mol. The summed E-state index contributed by atoms with van der Waals surface area (Å²) < 4.78 is 5.76. The number of hydrogen-bond acceptors (Lipinski definition) is 6. The van der Waals surface area contributed by atoms with Crippen molar-refractivity contribution in [3.8, 4) is 0 Å². The van der Waals surface area contributed by atoms with E-state index in [9.17, 15) is 0 Å². The summed E-state index contributed by atoms with van der Waals surface area (Å²) in [5.41, 5.74) is 1.05. The molecule has 1 aliphatic heterocycles. The van der Waals surface area contributed by atoms with Crippen molar-refractivity contribution in [3.63, 3.8) is 0 Å². The number of nitrogens with one attached hydrogen (secondary N) is 1. The lowest BCUT2D eigenvalue weighted by Gasteiger charge is -2.14. The van der Waals surface area contributed by atoms with Crippen molar-refractivity contribution in [3.05, 3.63) is 35.7 Å². The number of rotatable bonds is 6. The lowest BCUT2D eigenvalue weighted by atomic mass is 10.1. The van der Waals surface area contributed by atoms with Gasteiger partial charge in [0, 0.05) is 24.7 Å². The van der Waals surface area contributed by atoms with E-state index in [4.69, 9.17) is 4.42 Å². The Hall–Kier alpha value is -1.95. The van der Waals surface area contributed by atoms with E-state index in [0.29, 0.717) is 11.8 Å². The first-order chi connectivity index (χ1) is 11.3. The molecule has 2 aromatic rings. The molecular weight excluding hydrogens is 290 g/mol. The zero-order chi connectivity index (χ0) is 15.6. The Morgan fingerprint density at radius 2 is 2.17 bits per heavy atom. The minimum absolute atomic E-state index is 0.536. The van der Waals surface area contributed by atoms with Gasteiger partial charge in [0.05, 0.1) is 6.54 Å². The molecule has 0 amide bonds. The quantitative estimate of drug-likeness (QED) is 0.884. The summed E-state index contributed by atoms with van der Waals surface area (Å²) >= 11 is 0. The maximum atomic E-state index is 5.76. The number of nitrogens with zero attached hydrogens (tertiary/aromatic N) is 4. The van der Waals surface area contributed by atoms with Gasteiger partial charge >= 0.3 is 0 Å². The lowest BCUT2D eigenvalue weighted by molar-refractivity contribution is 0.278. The van der Waals surface area contributed by atoms with Gasteiger partial charge in [0.25, 0.3) is 0 Å². The Morgan fingerprint density at radius 1 is 1.26 bits per heavy atom. The van der Waals surface area contributed by atoms with E-state index in [1.165, 1.54) is 19.3 Å². The van der Waals surface area contributed by atoms with E-state index < -0.39 is 0 Å². The molecule has 1 aliphatic carbocycles. The summed E-state index contributed by atoms with van der Waals surface area (Å²) in [6.45, 7) is 5.92. The summed E-state index contributed by atoms with van der Waals surface area (Å²) in [6.07, 6.45) is 3.60. The van der Waals surface area contributed by atoms with Crippen LogP contribution < -0.4 is 5.32 Å². The van der Waals surface area contributed by atoms with Gasteiger partial charge in [-0.15, -0.1) is 10.2 Å². The number of likely N-dealkylation sites (tertiary alicyclic amines) is 1. The average Bonchev–Trinajstić information content (AvgIpc) is 3.13. The molecule has 3 heterocycles. The van der Waals surface area contributed by atoms with E-state index in [0.717, 1.165) is 49.5 Å². The van der Waals surface area contributed by atoms with E-state index in [-0.39, 0.29) is 0 Å². The molecule has 1 saturated carbocycles. The van der Waals surface area contributed by atoms with Crippen LogP contribution in [0.25, 0.3) is 0 Å². The maximum absolute atomic E-state index is 5.76. The summed E-state index contributed by atoms with van der Waals surface area (Å²) in [6, 6.07) is 6.08. The average molecular weight is 313 g/mol. The summed E-state index contributed by atoms with van der Waals surface area (Å²) in [5, 5.41) is 11.8. The molecule has 2 aliphatic rings. The second kappa shape index (κ2) is 6.28. The number of aryl methyl sites for hydroxylation is 1. The van der Waals surface area contributed by atoms with Gasteiger partial charge in [-0.3, -0.25) is 4.90 Å². The van der Waals surface area contributed by atoms with Crippen LogP contribution in [0.3, 0.4) is 0 Å². The fraction of sp³-hybridized carbons (Fsp3) is 0.588. The molecular formula is C17H23N5O. The van der Waals surface area contributed by atoms with Crippen LogP contribution in [0.4, 0.5) is 5.82 Å². The maximum Gasteiger partial charge on any atom is 0.230 e. The van der Waals surface area contributed by atoms with Crippen molar-refractivity contribution in [2.24, 2.45) is 5.92 Å². The second-order valence-electron chi connectivity index (χ2n) is 6.74. The first-order valence-corrected chi connectivity index (χ1v) is 8.48. The van der Waals surface area contributed by atoms with Crippen LogP contribution in [-0.2, 0) is 6.54 Å². The van der Waals surface area contributed by atoms with Crippen LogP contribution in [0.5, 0.6) is 0 Å². The van der Waals surface area contributed by atoms with Crippen LogP contribution in [0.15, 0.2) is 22.6 Å². The SMILES string of the molecule is Cc1cccc(NCC2CCN(Cc3nnc(C4CC4)o3)C2)n1. The van der Waals surface area contributed by atoms with Crippen molar-refractivity contribution in [2.75, 3.05) is 25.0 Å². The highest BCUT2D eigenvalue weighted by atomic mass is 16.4. The molecule has 23 heavy (non-hydrogen) atoms. The number of aromatic nitrogens is 3. The lowest BCUT2D eigenvalue weighted by Crippen LogP contribution is -2.23. The highest BCUT2D eigenvalue weighted by Gasteiger charge is 2.30. The van der Waals surface area contributed by atoms with Gasteiger partial charge in [0.1, 0.15) is 5.82 Å². The molecule has 1 N–H and O–H groups in total. The molecule has 1 saturated heterocycles. The number of anilines is 1. The van der Waals surface area contributed by atoms with Crippen LogP contribution in [0, 0.1) is 12.8 Å². The van der Waals surface area contributed by atoms with Gasteiger partial charge in [-0.05, 0) is 50.8 Å². The van der Waals surface area contributed by atoms with Gasteiger partial charge in [-0.2, -0.15) is 0 Å². The topological polar surface area (TPSA) is 67.1 Å². The van der Waals surface area contributed by atoms with Gasteiger partial charge in [-0.25, -0.2) is 4.98 Å². The van der Waals surface area contributed by atoms with Crippen LogP contribution in [0.1, 0.15) is 42.7 Å². The van der Waals surface area contributed by atoms with Gasteiger partial charge in [0.2, 0.25) is 11.8 Å². The number of pyridine rings is 1. The van der Waals surface area contributed by atoms with Crippen molar-refractivity contribution in [1.82, 2.24) is 20.1 Å². The van der Waals surface area contributed by atoms with E-state index >= 15 is 0 Å². The second-order valence-corrected chi connectivity index (χ2v) is 6.74. The molecule has 6 heteroatoms. The highest BCUT2D eigenvalue weighted by Crippen LogP contribution is 2.39. The third-order valence-electron chi connectivity index (χ3n) is 4.60. The molecule has 0 radical (unpaired) electrons. The number of hydrogen-bond donors (Lipinski definition) is 1. The molecule has 0 bridgehead atoms. The zero-order valence-electron chi connectivity index (χ0n) is 13.5. The summed E-state index contributed by atoms with van der Waals surface area (Å²) in [4.78, 5) is 6.89. The van der Waals surface area contributed by atoms with Crippen molar-refractivity contribution < 1.29 is 4.42 Å². The Morgan fingerprint density at radius 3 is 3.00 bits per heavy atom. The molecule has 2 fully saturated rings. The predicted molar refractivity (Wildman–Crippen MR) is 87.1 cm³/mol. The van der Waals surface area contributed by atoms with E-state index in [1.807, 2.05) is 25.1 Å². The molecule has 0 spiro atoms. The normalized spacial score (nSPS) is 21.7. The van der Waals surface area contributed by atoms with Crippen LogP contribution in [-0.4, -0.2) is 39.7 Å². The Labute approximate surface area is 136 Å². The van der Waals surface area contributed by atoms with Crippen LogP contribution >= 0.6 is 0 Å². The minimum Gasteiger partial charge on any atom is -0.424 e. The summed E-state index contributed by atoms with van der Waals surface area (Å²) in [5.74, 6) is 3.75. The zero-order valence-corrected chi connectivity index (χ0v) is 13.5. The highest BCUT2D eigenvalue weighted by molar-refractivity contribution is 5.35. The third-order valence-corrected chi connectivity index (χ3v) is 4.60. The molecule has 122 valence electrons. The Balaban J connectivity index is 1.25. The molecule has 0 aromatic carbocycles. The molecule has 1 atom stereocenters. The van der Waals surface area contributed by atoms with Crippen molar-refractivity contribution >= 4 is 5.82 Å². The van der Waals surface area contributed by atoms with E-state index in [1.54, 1.807) is 0 Å². The van der Waals surface area contributed by atoms with Crippen molar-refractivity contribution in [2.45, 2.75) is 38.6 Å². The van der Waals surface area contributed by atoms with Gasteiger partial charge in [0.15, 0.2) is 0 Å². The van der Waals surface area contributed by atoms with Gasteiger partial charge in [-0.1, -0.05) is 6.07 Å². The van der Waals surface area contributed by atoms with Gasteiger partial charge < -0.3 is 9.73 Å². The molecule has 6 nitrogen and oxygen atoms in total. The minimum atomic E-state index is 0.536. The first kappa shape index (κ1) is 14.6. The van der Waals surface area contributed by atoms with Crippen LogP contribution in [0.2, 0.25) is 0 Å². The Bertz CT molecular complexity index is 667. The largest absolute Gasteiger partial charge is 0.424 e. The van der Waals surface area contributed by atoms with Crippen molar-refractivity contribution in [1.29, 1.82) is 0 Å².